The lowest BCUT2D eigenvalue weighted by Gasteiger charge is -2.40. The molecule has 0 amide bonds. The van der Waals surface area contributed by atoms with Gasteiger partial charge < -0.3 is 24.6 Å². The molecule has 3 aromatic rings. The van der Waals surface area contributed by atoms with Crippen molar-refractivity contribution in [3.8, 4) is 33.9 Å². The third kappa shape index (κ3) is 3.64. The van der Waals surface area contributed by atoms with Gasteiger partial charge in [-0.15, -0.1) is 10.2 Å². The van der Waals surface area contributed by atoms with Crippen LogP contribution < -0.4 is 20.5 Å². The van der Waals surface area contributed by atoms with Crippen LogP contribution in [0, 0.1) is 0 Å². The fourth-order valence-corrected chi connectivity index (χ4v) is 5.46. The summed E-state index contributed by atoms with van der Waals surface area (Å²) in [4.78, 5) is 14.3. The van der Waals surface area contributed by atoms with E-state index in [1.54, 1.807) is 25.4 Å². The Hall–Kier alpha value is -3.39. The number of pyridine rings is 1. The number of phenolic OH excluding ortho intramolecular Hbond substituents is 1. The molecule has 3 atom stereocenters. The zero-order valence-electron chi connectivity index (χ0n) is 18.6. The van der Waals surface area contributed by atoms with Crippen LogP contribution >= 0.6 is 0 Å². The van der Waals surface area contributed by atoms with Gasteiger partial charge in [0.05, 0.1) is 6.54 Å². The van der Waals surface area contributed by atoms with Crippen molar-refractivity contribution in [2.75, 3.05) is 18.1 Å². The van der Waals surface area contributed by atoms with E-state index in [1.165, 1.54) is 17.4 Å². The Kier molecular flexibility index (Phi) is 4.83. The Bertz CT molecular complexity index is 1260. The van der Waals surface area contributed by atoms with E-state index < -0.39 is 0 Å². The van der Waals surface area contributed by atoms with Crippen LogP contribution in [-0.2, 0) is 7.05 Å². The number of aryl methyl sites for hydroxylation is 1. The lowest BCUT2D eigenvalue weighted by molar-refractivity contribution is 0.274. The van der Waals surface area contributed by atoms with Crippen LogP contribution in [0.4, 0.5) is 5.82 Å². The van der Waals surface area contributed by atoms with Crippen LogP contribution in [-0.4, -0.2) is 51.1 Å². The van der Waals surface area contributed by atoms with Gasteiger partial charge in [-0.1, -0.05) is 6.07 Å². The number of aromatic nitrogens is 3. The van der Waals surface area contributed by atoms with Crippen molar-refractivity contribution in [2.24, 2.45) is 7.05 Å². The van der Waals surface area contributed by atoms with Crippen LogP contribution in [0.5, 0.6) is 11.5 Å². The van der Waals surface area contributed by atoms with Crippen molar-refractivity contribution in [3.05, 3.63) is 52.9 Å². The van der Waals surface area contributed by atoms with Crippen molar-refractivity contribution in [1.82, 2.24) is 20.1 Å². The number of rotatable bonds is 3. The number of hydrogen-bond acceptors (Lipinski definition) is 7. The Labute approximate surface area is 191 Å². The summed E-state index contributed by atoms with van der Waals surface area (Å²) in [5, 5.41) is 23.4. The Morgan fingerprint density at radius 2 is 1.85 bits per heavy atom. The first kappa shape index (κ1) is 20.2. The van der Waals surface area contributed by atoms with Gasteiger partial charge >= 0.3 is 0 Å². The summed E-state index contributed by atoms with van der Waals surface area (Å²) in [5.41, 5.74) is 2.57. The number of anilines is 1. The molecular formula is C25H27N5O3. The summed E-state index contributed by atoms with van der Waals surface area (Å²) in [5.74, 6) is 1.60. The van der Waals surface area contributed by atoms with Crippen molar-refractivity contribution in [1.29, 1.82) is 0 Å². The summed E-state index contributed by atoms with van der Waals surface area (Å²) >= 11 is 0. The molecule has 2 fully saturated rings. The summed E-state index contributed by atoms with van der Waals surface area (Å²) in [6.07, 6.45) is 6.49. The monoisotopic (exact) mass is 445 g/mol. The molecule has 2 bridgehead atoms. The molecule has 5 heterocycles. The summed E-state index contributed by atoms with van der Waals surface area (Å²) in [7, 11) is 1.71. The molecule has 0 aliphatic carbocycles. The van der Waals surface area contributed by atoms with E-state index in [0.717, 1.165) is 36.3 Å². The third-order valence-electron chi connectivity index (χ3n) is 7.20. The van der Waals surface area contributed by atoms with E-state index in [-0.39, 0.29) is 11.3 Å². The predicted molar refractivity (Wildman–Crippen MR) is 126 cm³/mol. The van der Waals surface area contributed by atoms with Crippen molar-refractivity contribution < 1.29 is 9.84 Å². The maximum absolute atomic E-state index is 12.0. The van der Waals surface area contributed by atoms with Gasteiger partial charge in [0, 0.05) is 49.1 Å². The molecule has 0 spiro atoms. The average Bonchev–Trinajstić information content (AvgIpc) is 3.17. The molecule has 3 aliphatic rings. The van der Waals surface area contributed by atoms with Gasteiger partial charge in [0.15, 0.2) is 11.6 Å². The normalized spacial score (nSPS) is 23.8. The highest BCUT2D eigenvalue weighted by molar-refractivity contribution is 5.75. The number of fused-ring (bicyclic) bond motifs is 3. The van der Waals surface area contributed by atoms with Crippen LogP contribution in [0.2, 0.25) is 0 Å². The maximum Gasteiger partial charge on any atom is 0.250 e. The van der Waals surface area contributed by atoms with E-state index in [1.807, 2.05) is 24.3 Å². The Morgan fingerprint density at radius 3 is 2.61 bits per heavy atom. The van der Waals surface area contributed by atoms with E-state index in [0.29, 0.717) is 41.7 Å². The summed E-state index contributed by atoms with van der Waals surface area (Å²) in [6, 6.07) is 12.3. The number of phenols is 1. The number of nitrogens with zero attached hydrogens (tertiary/aromatic N) is 4. The molecule has 1 unspecified atom stereocenters. The van der Waals surface area contributed by atoms with Crippen LogP contribution in [0.1, 0.15) is 25.7 Å². The van der Waals surface area contributed by atoms with Crippen molar-refractivity contribution >= 4 is 5.82 Å². The molecule has 0 radical (unpaired) electrons. The van der Waals surface area contributed by atoms with Crippen LogP contribution in [0.15, 0.2) is 47.4 Å². The number of piperidine rings is 1. The largest absolute Gasteiger partial charge is 0.507 e. The summed E-state index contributed by atoms with van der Waals surface area (Å²) < 4.78 is 7.47. The first-order valence-corrected chi connectivity index (χ1v) is 11.6. The quantitative estimate of drug-likeness (QED) is 0.640. The molecule has 1 aromatic carbocycles. The molecule has 8 nitrogen and oxygen atoms in total. The summed E-state index contributed by atoms with van der Waals surface area (Å²) in [6.45, 7) is 1.44. The van der Waals surface area contributed by atoms with E-state index in [2.05, 4.69) is 20.4 Å². The zero-order chi connectivity index (χ0) is 22.5. The molecule has 2 N–H and O–H groups in total. The van der Waals surface area contributed by atoms with Gasteiger partial charge in [-0.2, -0.15) is 0 Å². The van der Waals surface area contributed by atoms with Gasteiger partial charge in [-0.25, -0.2) is 0 Å². The molecule has 0 saturated carbocycles. The second kappa shape index (κ2) is 7.88. The molecule has 3 aliphatic heterocycles. The first-order valence-electron chi connectivity index (χ1n) is 11.6. The molecule has 2 saturated heterocycles. The highest BCUT2D eigenvalue weighted by Crippen LogP contribution is 2.39. The maximum atomic E-state index is 12.0. The van der Waals surface area contributed by atoms with Crippen molar-refractivity contribution in [3.63, 3.8) is 0 Å². The fourth-order valence-electron chi connectivity index (χ4n) is 5.46. The molecule has 2 aromatic heterocycles. The Morgan fingerprint density at radius 1 is 1.06 bits per heavy atom. The van der Waals surface area contributed by atoms with Crippen LogP contribution in [0.25, 0.3) is 22.4 Å². The molecule has 6 rings (SSSR count). The van der Waals surface area contributed by atoms with E-state index in [4.69, 9.17) is 4.74 Å². The van der Waals surface area contributed by atoms with Crippen molar-refractivity contribution in [2.45, 2.75) is 43.8 Å². The average molecular weight is 446 g/mol. The smallest absolute Gasteiger partial charge is 0.250 e. The van der Waals surface area contributed by atoms with Gasteiger partial charge in [0.1, 0.15) is 18.1 Å². The van der Waals surface area contributed by atoms with Gasteiger partial charge in [-0.3, -0.25) is 4.79 Å². The number of ether oxygens (including phenoxy) is 1. The highest BCUT2D eigenvalue weighted by atomic mass is 16.5. The lowest BCUT2D eigenvalue weighted by Crippen LogP contribution is -2.50. The third-order valence-corrected chi connectivity index (χ3v) is 7.20. The number of nitrogens with one attached hydrogen (secondary N) is 1. The first-order chi connectivity index (χ1) is 16.0. The van der Waals surface area contributed by atoms with Gasteiger partial charge in [0.25, 0.3) is 5.56 Å². The minimum atomic E-state index is -0.0972. The van der Waals surface area contributed by atoms with E-state index in [9.17, 15) is 9.90 Å². The minimum absolute atomic E-state index is 0.0880. The highest BCUT2D eigenvalue weighted by Gasteiger charge is 2.38. The van der Waals surface area contributed by atoms with Crippen LogP contribution in [0.3, 0.4) is 0 Å². The van der Waals surface area contributed by atoms with Gasteiger partial charge in [-0.05, 0) is 55.0 Å². The van der Waals surface area contributed by atoms with Gasteiger partial charge in [0.2, 0.25) is 0 Å². The SMILES string of the molecule is Cn1ccc(-c2ccc(-c3cc4c(nn3)N(C3C[C@H]5CC[C@@H](C3)N5)CCO4)c(O)c2)cc1=O. The predicted octanol–water partition coefficient (Wildman–Crippen LogP) is 2.70. The Balaban J connectivity index is 1.29. The van der Waals surface area contributed by atoms with E-state index >= 15 is 0 Å². The standard InChI is InChI=1S/C25H27N5O3/c1-29-7-6-16(11-24(29)32)15-2-5-20(22(31)10-15)21-14-23-25(28-27-21)30(8-9-33-23)19-12-17-3-4-18(13-19)26-17/h2,5-7,10-11,14,17-19,26,31H,3-4,8-9,12-13H2,1H3/t17-,18+,19?. The lowest BCUT2D eigenvalue weighted by atomic mass is 9.97. The molecular weight excluding hydrogens is 418 g/mol. The fraction of sp³-hybridized carbons (Fsp3) is 0.400. The number of benzene rings is 1. The second-order valence-corrected chi connectivity index (χ2v) is 9.32. The molecule has 33 heavy (non-hydrogen) atoms. The minimum Gasteiger partial charge on any atom is -0.507 e. The molecule has 8 heteroatoms. The zero-order valence-corrected chi connectivity index (χ0v) is 18.6. The topological polar surface area (TPSA) is 92.5 Å². The second-order valence-electron chi connectivity index (χ2n) is 9.32. The molecule has 170 valence electrons. The number of aromatic hydroxyl groups is 1. The number of hydrogen-bond donors (Lipinski definition) is 2.